The van der Waals surface area contributed by atoms with Gasteiger partial charge >= 0.3 is 0 Å². The van der Waals surface area contributed by atoms with Gasteiger partial charge in [0.2, 0.25) is 0 Å². The van der Waals surface area contributed by atoms with E-state index in [9.17, 15) is 0 Å². The Labute approximate surface area is 127 Å². The largest absolute Gasteiger partial charge is 0.366 e. The van der Waals surface area contributed by atoms with E-state index in [1.165, 1.54) is 18.4 Å². The van der Waals surface area contributed by atoms with Crippen molar-refractivity contribution in [3.63, 3.8) is 0 Å². The van der Waals surface area contributed by atoms with E-state index in [1.54, 1.807) is 0 Å². The number of ether oxygens (including phenoxy) is 1. The summed E-state index contributed by atoms with van der Waals surface area (Å²) < 4.78 is 6.18. The highest BCUT2D eigenvalue weighted by molar-refractivity contribution is 5.48. The highest BCUT2D eigenvalue weighted by Crippen LogP contribution is 2.32. The van der Waals surface area contributed by atoms with Crippen LogP contribution in [0.3, 0.4) is 0 Å². The molecule has 1 saturated heterocycles. The van der Waals surface area contributed by atoms with Crippen LogP contribution in [0.25, 0.3) is 0 Å². The molecule has 0 bridgehead atoms. The molecule has 0 atom stereocenters. The predicted molar refractivity (Wildman–Crippen MR) is 85.6 cm³/mol. The van der Waals surface area contributed by atoms with Gasteiger partial charge in [0.25, 0.3) is 0 Å². The van der Waals surface area contributed by atoms with Gasteiger partial charge in [-0.15, -0.1) is 0 Å². The molecule has 3 rings (SSSR count). The molecule has 2 fully saturated rings. The van der Waals surface area contributed by atoms with Crippen molar-refractivity contribution in [1.29, 1.82) is 0 Å². The predicted octanol–water partition coefficient (Wildman–Crippen LogP) is 2.73. The summed E-state index contributed by atoms with van der Waals surface area (Å²) in [6, 6.07) is 4.94. The van der Waals surface area contributed by atoms with Crippen molar-refractivity contribution in [1.82, 2.24) is 10.3 Å². The smallest absolute Gasteiger partial charge is 0.133 e. The fraction of sp³-hybridized carbons (Fsp3) is 0.706. The third kappa shape index (κ3) is 3.74. The number of hydrogen-bond acceptors (Lipinski definition) is 4. The molecule has 1 N–H and O–H groups in total. The lowest BCUT2D eigenvalue weighted by Crippen LogP contribution is -2.57. The second kappa shape index (κ2) is 5.25. The van der Waals surface area contributed by atoms with E-state index in [-0.39, 0.29) is 11.2 Å². The Kier molecular flexibility index (Phi) is 3.70. The molecule has 4 heteroatoms. The van der Waals surface area contributed by atoms with Gasteiger partial charge in [-0.05, 0) is 46.6 Å². The molecule has 116 valence electrons. The number of nitrogens with zero attached hydrogens (tertiary/aromatic N) is 2. The van der Waals surface area contributed by atoms with Gasteiger partial charge in [0, 0.05) is 37.4 Å². The summed E-state index contributed by atoms with van der Waals surface area (Å²) in [6.45, 7) is 11.3. The zero-order chi connectivity index (χ0) is 15.1. The zero-order valence-electron chi connectivity index (χ0n) is 13.6. The van der Waals surface area contributed by atoms with Crippen molar-refractivity contribution in [2.75, 3.05) is 18.0 Å². The maximum absolute atomic E-state index is 6.18. The minimum Gasteiger partial charge on any atom is -0.366 e. The molecule has 0 spiro atoms. The molecular weight excluding hydrogens is 262 g/mol. The Morgan fingerprint density at radius 2 is 1.90 bits per heavy atom. The SMILES string of the molecule is CC1(C)CN(c2ncccc2CNC2CC2)CC(C)(C)O1. The molecule has 1 saturated carbocycles. The van der Waals surface area contributed by atoms with Gasteiger partial charge in [-0.3, -0.25) is 0 Å². The minimum absolute atomic E-state index is 0.152. The first-order chi connectivity index (χ1) is 9.85. The van der Waals surface area contributed by atoms with Crippen LogP contribution in [0.5, 0.6) is 0 Å². The van der Waals surface area contributed by atoms with E-state index in [0.717, 1.165) is 31.5 Å². The Bertz CT molecular complexity index is 493. The third-order valence-electron chi connectivity index (χ3n) is 4.02. The lowest BCUT2D eigenvalue weighted by atomic mass is 9.98. The number of aromatic nitrogens is 1. The summed E-state index contributed by atoms with van der Waals surface area (Å²) in [4.78, 5) is 7.04. The Morgan fingerprint density at radius 3 is 2.52 bits per heavy atom. The number of pyridine rings is 1. The minimum atomic E-state index is -0.152. The molecule has 21 heavy (non-hydrogen) atoms. The highest BCUT2D eigenvalue weighted by atomic mass is 16.5. The molecule has 0 radical (unpaired) electrons. The van der Waals surface area contributed by atoms with Crippen LogP contribution in [0.1, 0.15) is 46.1 Å². The van der Waals surface area contributed by atoms with Crippen LogP contribution in [0.4, 0.5) is 5.82 Å². The van der Waals surface area contributed by atoms with E-state index in [1.807, 2.05) is 12.3 Å². The molecule has 0 unspecified atom stereocenters. The van der Waals surface area contributed by atoms with Crippen molar-refractivity contribution < 1.29 is 4.74 Å². The summed E-state index contributed by atoms with van der Waals surface area (Å²) in [7, 11) is 0. The zero-order valence-corrected chi connectivity index (χ0v) is 13.6. The fourth-order valence-electron chi connectivity index (χ4n) is 3.33. The van der Waals surface area contributed by atoms with Crippen molar-refractivity contribution in [3.05, 3.63) is 23.9 Å². The number of anilines is 1. The number of nitrogens with one attached hydrogen (secondary N) is 1. The van der Waals surface area contributed by atoms with Gasteiger partial charge in [-0.25, -0.2) is 4.98 Å². The summed E-state index contributed by atoms with van der Waals surface area (Å²) in [5.41, 5.74) is 0.985. The van der Waals surface area contributed by atoms with Gasteiger partial charge < -0.3 is 15.0 Å². The quantitative estimate of drug-likeness (QED) is 0.925. The molecule has 1 aliphatic heterocycles. The van der Waals surface area contributed by atoms with Gasteiger partial charge in [-0.1, -0.05) is 6.07 Å². The third-order valence-corrected chi connectivity index (χ3v) is 4.02. The summed E-state index contributed by atoms with van der Waals surface area (Å²) in [5, 5.41) is 3.60. The molecule has 0 aromatic carbocycles. The van der Waals surface area contributed by atoms with Gasteiger partial charge in [-0.2, -0.15) is 0 Å². The summed E-state index contributed by atoms with van der Waals surface area (Å²) in [6.07, 6.45) is 4.52. The molecule has 1 aliphatic carbocycles. The van der Waals surface area contributed by atoms with E-state index in [4.69, 9.17) is 4.74 Å². The molecule has 2 aliphatic rings. The average Bonchev–Trinajstić information content (AvgIpc) is 3.17. The van der Waals surface area contributed by atoms with Crippen molar-refractivity contribution >= 4 is 5.82 Å². The van der Waals surface area contributed by atoms with Crippen LogP contribution in [0.15, 0.2) is 18.3 Å². The Balaban J connectivity index is 1.81. The number of hydrogen-bond donors (Lipinski definition) is 1. The molecule has 1 aromatic heterocycles. The summed E-state index contributed by atoms with van der Waals surface area (Å²) >= 11 is 0. The standard InChI is InChI=1S/C17H27N3O/c1-16(2)11-20(12-17(3,4)21-16)15-13(6-5-9-18-15)10-19-14-7-8-14/h5-6,9,14,19H,7-8,10-12H2,1-4H3. The highest BCUT2D eigenvalue weighted by Gasteiger charge is 2.39. The van der Waals surface area contributed by atoms with Gasteiger partial charge in [0.1, 0.15) is 5.82 Å². The van der Waals surface area contributed by atoms with E-state index in [0.29, 0.717) is 0 Å². The fourth-order valence-corrected chi connectivity index (χ4v) is 3.33. The second-order valence-corrected chi connectivity index (χ2v) is 7.62. The van der Waals surface area contributed by atoms with Crippen LogP contribution in [-0.4, -0.2) is 35.3 Å². The molecule has 2 heterocycles. The lowest BCUT2D eigenvalue weighted by Gasteiger charge is -2.48. The van der Waals surface area contributed by atoms with Crippen molar-refractivity contribution in [3.8, 4) is 0 Å². The number of rotatable bonds is 4. The van der Waals surface area contributed by atoms with Crippen LogP contribution in [0, 0.1) is 0 Å². The first-order valence-corrected chi connectivity index (χ1v) is 7.97. The lowest BCUT2D eigenvalue weighted by molar-refractivity contribution is -0.133. The maximum atomic E-state index is 6.18. The van der Waals surface area contributed by atoms with Crippen LogP contribution in [-0.2, 0) is 11.3 Å². The Morgan fingerprint density at radius 1 is 1.24 bits per heavy atom. The first-order valence-electron chi connectivity index (χ1n) is 7.97. The number of morpholine rings is 1. The molecule has 4 nitrogen and oxygen atoms in total. The van der Waals surface area contributed by atoms with Crippen LogP contribution < -0.4 is 10.2 Å². The monoisotopic (exact) mass is 289 g/mol. The van der Waals surface area contributed by atoms with Crippen molar-refractivity contribution in [2.45, 2.75) is 64.3 Å². The first kappa shape index (κ1) is 14.8. The maximum Gasteiger partial charge on any atom is 0.133 e. The van der Waals surface area contributed by atoms with Crippen LogP contribution >= 0.6 is 0 Å². The van der Waals surface area contributed by atoms with Gasteiger partial charge in [0.05, 0.1) is 11.2 Å². The second-order valence-electron chi connectivity index (χ2n) is 7.62. The Hall–Kier alpha value is -1.13. The topological polar surface area (TPSA) is 37.4 Å². The van der Waals surface area contributed by atoms with E-state index < -0.39 is 0 Å². The molecule has 1 aromatic rings. The molecular formula is C17H27N3O. The van der Waals surface area contributed by atoms with Crippen molar-refractivity contribution in [2.24, 2.45) is 0 Å². The van der Waals surface area contributed by atoms with E-state index >= 15 is 0 Å². The normalized spacial score (nSPS) is 24.1. The van der Waals surface area contributed by atoms with Gasteiger partial charge in [0.15, 0.2) is 0 Å². The summed E-state index contributed by atoms with van der Waals surface area (Å²) in [5.74, 6) is 1.11. The molecule has 0 amide bonds. The van der Waals surface area contributed by atoms with Crippen LogP contribution in [0.2, 0.25) is 0 Å². The van der Waals surface area contributed by atoms with E-state index in [2.05, 4.69) is 49.0 Å². The average molecular weight is 289 g/mol.